The number of ether oxygens (including phenoxy) is 3. The van der Waals surface area contributed by atoms with E-state index in [0.717, 1.165) is 16.3 Å². The van der Waals surface area contributed by atoms with Crippen molar-refractivity contribution in [2.45, 2.75) is 13.0 Å². The third-order valence-electron chi connectivity index (χ3n) is 4.21. The molecule has 0 N–H and O–H groups in total. The van der Waals surface area contributed by atoms with Gasteiger partial charge in [-0.25, -0.2) is 4.98 Å². The van der Waals surface area contributed by atoms with Crippen LogP contribution in [0.4, 0.5) is 0 Å². The molecular weight excluding hydrogens is 340 g/mol. The van der Waals surface area contributed by atoms with E-state index >= 15 is 0 Å². The monoisotopic (exact) mass is 362 g/mol. The summed E-state index contributed by atoms with van der Waals surface area (Å²) < 4.78 is 16.3. The zero-order valence-electron chi connectivity index (χ0n) is 14.4. The van der Waals surface area contributed by atoms with Crippen molar-refractivity contribution in [2.24, 2.45) is 5.92 Å². The Balaban J connectivity index is 1.73. The van der Waals surface area contributed by atoms with Crippen molar-refractivity contribution in [3.63, 3.8) is 0 Å². The molecule has 0 saturated carbocycles. The Hall–Kier alpha value is -2.12. The van der Waals surface area contributed by atoms with Crippen LogP contribution in [0.5, 0.6) is 11.5 Å². The number of nitrogens with zero attached hydrogens (tertiary/aromatic N) is 2. The van der Waals surface area contributed by atoms with Crippen molar-refractivity contribution in [2.75, 3.05) is 34.0 Å². The van der Waals surface area contributed by atoms with Crippen molar-refractivity contribution in [3.8, 4) is 11.5 Å². The third-order valence-corrected chi connectivity index (χ3v) is 4.98. The molecule has 0 spiro atoms. The first-order valence-electron chi connectivity index (χ1n) is 8.17. The fourth-order valence-electron chi connectivity index (χ4n) is 2.93. The van der Waals surface area contributed by atoms with Crippen LogP contribution in [0.25, 0.3) is 0 Å². The zero-order valence-corrected chi connectivity index (χ0v) is 15.3. The summed E-state index contributed by atoms with van der Waals surface area (Å²) in [5.41, 5.74) is 1.00. The molecule has 0 saturated heterocycles. The Kier molecular flexibility index (Phi) is 5.88. The van der Waals surface area contributed by atoms with Gasteiger partial charge in [-0.05, 0) is 18.1 Å². The first-order valence-corrected chi connectivity index (χ1v) is 9.05. The van der Waals surface area contributed by atoms with Crippen molar-refractivity contribution in [3.05, 3.63) is 40.3 Å². The Morgan fingerprint density at radius 1 is 1.44 bits per heavy atom. The van der Waals surface area contributed by atoms with E-state index in [9.17, 15) is 4.79 Å². The second kappa shape index (κ2) is 8.31. The molecule has 1 aliphatic heterocycles. The molecule has 0 unspecified atom stereocenters. The minimum absolute atomic E-state index is 0.0701. The summed E-state index contributed by atoms with van der Waals surface area (Å²) in [5, 5.41) is 2.84. The molecule has 0 fully saturated rings. The van der Waals surface area contributed by atoms with Gasteiger partial charge in [0.2, 0.25) is 5.91 Å². The van der Waals surface area contributed by atoms with Gasteiger partial charge in [0, 0.05) is 25.2 Å². The number of carbonyl (C=O) groups excluding carboxylic acids is 1. The molecule has 6 nitrogen and oxygen atoms in total. The molecule has 1 aromatic carbocycles. The SMILES string of the molecule is COCCN(Cc1nccs1)C(=O)[C@H]1COc2c(cccc2OC)C1. The Morgan fingerprint density at radius 2 is 2.32 bits per heavy atom. The first-order chi connectivity index (χ1) is 12.2. The van der Waals surface area contributed by atoms with Crippen LogP contribution in [-0.2, 0) is 22.5 Å². The van der Waals surface area contributed by atoms with Crippen LogP contribution < -0.4 is 9.47 Å². The van der Waals surface area contributed by atoms with Gasteiger partial charge in [-0.3, -0.25) is 4.79 Å². The van der Waals surface area contributed by atoms with E-state index in [1.165, 1.54) is 0 Å². The van der Waals surface area contributed by atoms with E-state index in [0.29, 0.717) is 38.5 Å². The highest BCUT2D eigenvalue weighted by Crippen LogP contribution is 2.36. The lowest BCUT2D eigenvalue weighted by Crippen LogP contribution is -2.42. The van der Waals surface area contributed by atoms with Crippen molar-refractivity contribution >= 4 is 17.2 Å². The normalized spacial score (nSPS) is 16.0. The number of carbonyl (C=O) groups is 1. The topological polar surface area (TPSA) is 60.9 Å². The number of methoxy groups -OCH3 is 2. The standard InChI is InChI=1S/C18H22N2O4S/c1-22-8-7-20(11-16-19-6-9-25-16)18(21)14-10-13-4-3-5-15(23-2)17(13)24-12-14/h3-6,9,14H,7-8,10-12H2,1-2H3/t14-/m1/s1. The summed E-state index contributed by atoms with van der Waals surface area (Å²) in [6, 6.07) is 5.78. The molecule has 1 atom stereocenters. The highest BCUT2D eigenvalue weighted by atomic mass is 32.1. The number of hydrogen-bond acceptors (Lipinski definition) is 6. The van der Waals surface area contributed by atoms with Crippen LogP contribution in [0.3, 0.4) is 0 Å². The van der Waals surface area contributed by atoms with Crippen molar-refractivity contribution in [1.82, 2.24) is 9.88 Å². The Bertz CT molecular complexity index is 705. The number of rotatable bonds is 7. The number of hydrogen-bond donors (Lipinski definition) is 0. The number of amides is 1. The van der Waals surface area contributed by atoms with Crippen molar-refractivity contribution < 1.29 is 19.0 Å². The van der Waals surface area contributed by atoms with Gasteiger partial charge in [0.1, 0.15) is 11.6 Å². The molecule has 2 heterocycles. The average Bonchev–Trinajstić information content (AvgIpc) is 3.16. The fraction of sp³-hybridized carbons (Fsp3) is 0.444. The average molecular weight is 362 g/mol. The number of aromatic nitrogens is 1. The summed E-state index contributed by atoms with van der Waals surface area (Å²) in [7, 11) is 3.26. The lowest BCUT2D eigenvalue weighted by Gasteiger charge is -2.30. The molecule has 25 heavy (non-hydrogen) atoms. The minimum atomic E-state index is -0.212. The predicted octanol–water partition coefficient (Wildman–Crippen LogP) is 2.38. The maximum atomic E-state index is 13.0. The quantitative estimate of drug-likeness (QED) is 0.757. The molecule has 0 aliphatic carbocycles. The molecule has 1 aliphatic rings. The van der Waals surface area contributed by atoms with Crippen LogP contribution in [0.1, 0.15) is 10.6 Å². The van der Waals surface area contributed by atoms with E-state index in [1.807, 2.05) is 28.5 Å². The van der Waals surface area contributed by atoms with Crippen LogP contribution in [0, 0.1) is 5.92 Å². The van der Waals surface area contributed by atoms with Gasteiger partial charge in [0.25, 0.3) is 0 Å². The number of para-hydroxylation sites is 1. The largest absolute Gasteiger partial charge is 0.493 e. The van der Waals surface area contributed by atoms with E-state index in [4.69, 9.17) is 14.2 Å². The second-order valence-corrected chi connectivity index (χ2v) is 6.82. The Morgan fingerprint density at radius 3 is 3.04 bits per heavy atom. The van der Waals surface area contributed by atoms with Gasteiger partial charge in [0.05, 0.1) is 26.2 Å². The molecule has 7 heteroatoms. The molecule has 134 valence electrons. The van der Waals surface area contributed by atoms with Gasteiger partial charge < -0.3 is 19.1 Å². The maximum absolute atomic E-state index is 13.0. The van der Waals surface area contributed by atoms with Gasteiger partial charge in [0.15, 0.2) is 11.5 Å². The number of benzene rings is 1. The maximum Gasteiger partial charge on any atom is 0.229 e. The highest BCUT2D eigenvalue weighted by molar-refractivity contribution is 7.09. The third kappa shape index (κ3) is 4.11. The summed E-state index contributed by atoms with van der Waals surface area (Å²) >= 11 is 1.55. The van der Waals surface area contributed by atoms with Crippen LogP contribution in [0.15, 0.2) is 29.8 Å². The van der Waals surface area contributed by atoms with Crippen LogP contribution in [-0.4, -0.2) is 49.8 Å². The summed E-state index contributed by atoms with van der Waals surface area (Å²) in [5.74, 6) is 1.32. The zero-order chi connectivity index (χ0) is 17.6. The first kappa shape index (κ1) is 17.7. The van der Waals surface area contributed by atoms with E-state index in [1.54, 1.807) is 31.8 Å². The van der Waals surface area contributed by atoms with Gasteiger partial charge >= 0.3 is 0 Å². The fourth-order valence-corrected chi connectivity index (χ4v) is 3.57. The second-order valence-electron chi connectivity index (χ2n) is 5.84. The van der Waals surface area contributed by atoms with Gasteiger partial charge in [-0.15, -0.1) is 11.3 Å². The molecular formula is C18H22N2O4S. The molecule has 3 rings (SSSR count). The number of fused-ring (bicyclic) bond motifs is 1. The Labute approximate surface area is 151 Å². The number of thiazole rings is 1. The van der Waals surface area contributed by atoms with E-state index < -0.39 is 0 Å². The lowest BCUT2D eigenvalue weighted by molar-refractivity contribution is -0.138. The molecule has 2 aromatic rings. The molecule has 0 radical (unpaired) electrons. The van der Waals surface area contributed by atoms with Crippen molar-refractivity contribution in [1.29, 1.82) is 0 Å². The van der Waals surface area contributed by atoms with Crippen LogP contribution in [0.2, 0.25) is 0 Å². The minimum Gasteiger partial charge on any atom is -0.493 e. The summed E-state index contributed by atoms with van der Waals surface area (Å²) in [6.07, 6.45) is 2.40. The van der Waals surface area contributed by atoms with E-state index in [2.05, 4.69) is 4.98 Å². The lowest BCUT2D eigenvalue weighted by atomic mass is 9.95. The molecule has 1 amide bonds. The predicted molar refractivity (Wildman–Crippen MR) is 95.1 cm³/mol. The van der Waals surface area contributed by atoms with E-state index in [-0.39, 0.29) is 11.8 Å². The molecule has 0 bridgehead atoms. The van der Waals surface area contributed by atoms with Gasteiger partial charge in [-0.2, -0.15) is 0 Å². The summed E-state index contributed by atoms with van der Waals surface area (Å²) in [6.45, 7) is 1.89. The molecule has 1 aromatic heterocycles. The highest BCUT2D eigenvalue weighted by Gasteiger charge is 2.31. The smallest absolute Gasteiger partial charge is 0.229 e. The summed E-state index contributed by atoms with van der Waals surface area (Å²) in [4.78, 5) is 19.1. The van der Waals surface area contributed by atoms with Gasteiger partial charge in [-0.1, -0.05) is 12.1 Å². The van der Waals surface area contributed by atoms with Crippen LogP contribution >= 0.6 is 11.3 Å².